The van der Waals surface area contributed by atoms with E-state index in [0.717, 1.165) is 45.0 Å². The molecule has 3 rings (SSSR count). The SMILES string of the molecule is Cn1cc(CCN2CCN(c3ncc(Cl)cc3Cl)CC2)cn1. The van der Waals surface area contributed by atoms with Gasteiger partial charge in [-0.05, 0) is 18.1 Å². The van der Waals surface area contributed by atoms with Gasteiger partial charge < -0.3 is 4.90 Å². The van der Waals surface area contributed by atoms with Crippen LogP contribution in [0.5, 0.6) is 0 Å². The predicted molar refractivity (Wildman–Crippen MR) is 89.8 cm³/mol. The van der Waals surface area contributed by atoms with Crippen molar-refractivity contribution in [2.75, 3.05) is 37.6 Å². The zero-order chi connectivity index (χ0) is 15.5. The second-order valence-electron chi connectivity index (χ2n) is 5.56. The van der Waals surface area contributed by atoms with Gasteiger partial charge in [-0.1, -0.05) is 23.2 Å². The van der Waals surface area contributed by atoms with Gasteiger partial charge in [0.15, 0.2) is 0 Å². The minimum Gasteiger partial charge on any atom is -0.353 e. The molecule has 7 heteroatoms. The number of aromatic nitrogens is 3. The van der Waals surface area contributed by atoms with Crippen LogP contribution < -0.4 is 4.90 Å². The van der Waals surface area contributed by atoms with Crippen molar-refractivity contribution in [2.24, 2.45) is 7.05 Å². The molecule has 0 spiro atoms. The van der Waals surface area contributed by atoms with Gasteiger partial charge in [0.05, 0.1) is 16.2 Å². The molecule has 0 saturated carbocycles. The average Bonchev–Trinajstić information content (AvgIpc) is 2.92. The fraction of sp³-hybridized carbons (Fsp3) is 0.467. The maximum absolute atomic E-state index is 6.23. The largest absolute Gasteiger partial charge is 0.353 e. The number of anilines is 1. The maximum atomic E-state index is 6.23. The lowest BCUT2D eigenvalue weighted by molar-refractivity contribution is 0.260. The molecule has 22 heavy (non-hydrogen) atoms. The van der Waals surface area contributed by atoms with Crippen molar-refractivity contribution in [3.63, 3.8) is 0 Å². The molecule has 0 unspecified atom stereocenters. The van der Waals surface area contributed by atoms with E-state index < -0.39 is 0 Å². The molecule has 0 atom stereocenters. The summed E-state index contributed by atoms with van der Waals surface area (Å²) >= 11 is 12.1. The summed E-state index contributed by atoms with van der Waals surface area (Å²) in [6.45, 7) is 4.95. The third kappa shape index (κ3) is 3.72. The fourth-order valence-electron chi connectivity index (χ4n) is 2.71. The molecule has 5 nitrogen and oxygen atoms in total. The molecular formula is C15H19Cl2N5. The van der Waals surface area contributed by atoms with Crippen LogP contribution in [-0.4, -0.2) is 52.4 Å². The van der Waals surface area contributed by atoms with Crippen molar-refractivity contribution in [3.05, 3.63) is 40.3 Å². The van der Waals surface area contributed by atoms with Crippen molar-refractivity contribution in [3.8, 4) is 0 Å². The molecule has 1 aliphatic rings. The van der Waals surface area contributed by atoms with Gasteiger partial charge >= 0.3 is 0 Å². The number of nitrogens with zero attached hydrogens (tertiary/aromatic N) is 5. The highest BCUT2D eigenvalue weighted by molar-refractivity contribution is 6.36. The summed E-state index contributed by atoms with van der Waals surface area (Å²) in [5, 5.41) is 5.40. The topological polar surface area (TPSA) is 37.2 Å². The van der Waals surface area contributed by atoms with Crippen LogP contribution in [0.4, 0.5) is 5.82 Å². The van der Waals surface area contributed by atoms with E-state index in [4.69, 9.17) is 23.2 Å². The van der Waals surface area contributed by atoms with Gasteiger partial charge in [0.1, 0.15) is 5.82 Å². The van der Waals surface area contributed by atoms with Crippen LogP contribution in [0.15, 0.2) is 24.7 Å². The Bertz CT molecular complexity index is 635. The van der Waals surface area contributed by atoms with Crippen LogP contribution in [-0.2, 0) is 13.5 Å². The van der Waals surface area contributed by atoms with Crippen LogP contribution in [0.25, 0.3) is 0 Å². The third-order valence-electron chi connectivity index (χ3n) is 3.94. The Balaban J connectivity index is 1.51. The normalized spacial score (nSPS) is 16.2. The summed E-state index contributed by atoms with van der Waals surface area (Å²) in [5.74, 6) is 0.831. The van der Waals surface area contributed by atoms with E-state index in [1.165, 1.54) is 5.56 Å². The molecule has 2 aromatic rings. The first-order valence-corrected chi connectivity index (χ1v) is 8.13. The zero-order valence-electron chi connectivity index (χ0n) is 12.5. The van der Waals surface area contributed by atoms with E-state index in [1.807, 2.05) is 17.9 Å². The molecule has 2 aromatic heterocycles. The molecule has 0 aliphatic carbocycles. The summed E-state index contributed by atoms with van der Waals surface area (Å²) in [4.78, 5) is 9.04. The lowest BCUT2D eigenvalue weighted by Crippen LogP contribution is -2.47. The molecule has 0 amide bonds. The van der Waals surface area contributed by atoms with Crippen molar-refractivity contribution in [1.82, 2.24) is 19.7 Å². The standard InChI is InChI=1S/C15H19Cl2N5/c1-20-11-12(9-19-20)2-3-21-4-6-22(7-5-21)15-14(17)8-13(16)10-18-15/h8-11H,2-7H2,1H3. The number of pyridine rings is 1. The Labute approximate surface area is 140 Å². The Morgan fingerprint density at radius 2 is 1.91 bits per heavy atom. The van der Waals surface area contributed by atoms with Crippen molar-refractivity contribution in [2.45, 2.75) is 6.42 Å². The van der Waals surface area contributed by atoms with Gasteiger partial charge in [-0.2, -0.15) is 5.10 Å². The number of halogens is 2. The minimum absolute atomic E-state index is 0.573. The average molecular weight is 340 g/mol. The van der Waals surface area contributed by atoms with Gasteiger partial charge in [0, 0.05) is 52.2 Å². The monoisotopic (exact) mass is 339 g/mol. The highest BCUT2D eigenvalue weighted by atomic mass is 35.5. The first-order chi connectivity index (χ1) is 10.6. The lowest BCUT2D eigenvalue weighted by atomic mass is 10.2. The molecule has 0 aromatic carbocycles. The Morgan fingerprint density at radius 3 is 2.55 bits per heavy atom. The van der Waals surface area contributed by atoms with Crippen LogP contribution in [0, 0.1) is 0 Å². The predicted octanol–water partition coefficient (Wildman–Crippen LogP) is 2.49. The number of aryl methyl sites for hydroxylation is 1. The van der Waals surface area contributed by atoms with Crippen LogP contribution >= 0.6 is 23.2 Å². The Morgan fingerprint density at radius 1 is 1.14 bits per heavy atom. The number of piperazine rings is 1. The smallest absolute Gasteiger partial charge is 0.147 e. The summed E-state index contributed by atoms with van der Waals surface area (Å²) in [6, 6.07) is 1.75. The first-order valence-electron chi connectivity index (χ1n) is 7.38. The number of hydrogen-bond acceptors (Lipinski definition) is 4. The summed E-state index contributed by atoms with van der Waals surface area (Å²) in [5.41, 5.74) is 1.28. The van der Waals surface area contributed by atoms with Crippen LogP contribution in [0.2, 0.25) is 10.0 Å². The van der Waals surface area contributed by atoms with Crippen molar-refractivity contribution in [1.29, 1.82) is 0 Å². The minimum atomic E-state index is 0.573. The molecular weight excluding hydrogens is 321 g/mol. The zero-order valence-corrected chi connectivity index (χ0v) is 14.1. The Hall–Kier alpha value is -1.30. The molecule has 118 valence electrons. The van der Waals surface area contributed by atoms with Gasteiger partial charge in [-0.3, -0.25) is 9.58 Å². The summed E-state index contributed by atoms with van der Waals surface area (Å²) in [6.07, 6.45) is 6.70. The maximum Gasteiger partial charge on any atom is 0.147 e. The van der Waals surface area contributed by atoms with Gasteiger partial charge in [0.25, 0.3) is 0 Å². The third-order valence-corrected chi connectivity index (χ3v) is 4.42. The number of hydrogen-bond donors (Lipinski definition) is 0. The highest BCUT2D eigenvalue weighted by Gasteiger charge is 2.19. The highest BCUT2D eigenvalue weighted by Crippen LogP contribution is 2.26. The van der Waals surface area contributed by atoms with Crippen molar-refractivity contribution >= 4 is 29.0 Å². The van der Waals surface area contributed by atoms with Gasteiger partial charge in [-0.15, -0.1) is 0 Å². The van der Waals surface area contributed by atoms with Crippen molar-refractivity contribution < 1.29 is 0 Å². The van der Waals surface area contributed by atoms with E-state index in [1.54, 1.807) is 12.3 Å². The van der Waals surface area contributed by atoms with E-state index in [0.29, 0.717) is 10.0 Å². The lowest BCUT2D eigenvalue weighted by Gasteiger charge is -2.35. The number of rotatable bonds is 4. The van der Waals surface area contributed by atoms with Gasteiger partial charge in [-0.25, -0.2) is 4.98 Å². The second-order valence-corrected chi connectivity index (χ2v) is 6.40. The van der Waals surface area contributed by atoms with E-state index in [2.05, 4.69) is 26.1 Å². The van der Waals surface area contributed by atoms with E-state index in [-0.39, 0.29) is 0 Å². The van der Waals surface area contributed by atoms with E-state index >= 15 is 0 Å². The van der Waals surface area contributed by atoms with Crippen LogP contribution in [0.1, 0.15) is 5.56 Å². The fourth-order valence-corrected chi connectivity index (χ4v) is 3.21. The molecule has 1 fully saturated rings. The summed E-state index contributed by atoms with van der Waals surface area (Å²) < 4.78 is 1.85. The molecule has 0 radical (unpaired) electrons. The Kier molecular flexibility index (Phi) is 4.86. The first kappa shape index (κ1) is 15.6. The van der Waals surface area contributed by atoms with E-state index in [9.17, 15) is 0 Å². The molecule has 3 heterocycles. The molecule has 1 saturated heterocycles. The molecule has 1 aliphatic heterocycles. The molecule has 0 N–H and O–H groups in total. The summed E-state index contributed by atoms with van der Waals surface area (Å²) in [7, 11) is 1.95. The van der Waals surface area contributed by atoms with Gasteiger partial charge in [0.2, 0.25) is 0 Å². The molecule has 0 bridgehead atoms. The quantitative estimate of drug-likeness (QED) is 0.857. The second kappa shape index (κ2) is 6.86. The van der Waals surface area contributed by atoms with Crippen LogP contribution in [0.3, 0.4) is 0 Å².